The van der Waals surface area contributed by atoms with Gasteiger partial charge in [-0.2, -0.15) is 0 Å². The van der Waals surface area contributed by atoms with Crippen molar-refractivity contribution in [3.05, 3.63) is 119 Å². The van der Waals surface area contributed by atoms with Crippen LogP contribution in [-0.4, -0.2) is 9.55 Å². The third-order valence-electron chi connectivity index (χ3n) is 6.96. The second-order valence-electron chi connectivity index (χ2n) is 8.31. The fraction of sp³-hybridized carbons (Fsp3) is 0.107. The number of rotatable bonds is 1. The first-order valence-corrected chi connectivity index (χ1v) is 10.6. The zero-order valence-electron chi connectivity index (χ0n) is 16.8. The number of fused-ring (bicyclic) bond motifs is 12. The molecule has 0 saturated heterocycles. The molecule has 0 N–H and O–H groups in total. The Hall–Kier alpha value is -3.65. The summed E-state index contributed by atoms with van der Waals surface area (Å²) in [5.41, 5.74) is 11.1. The quantitative estimate of drug-likeness (QED) is 0.326. The molecule has 4 aromatic carbocycles. The van der Waals surface area contributed by atoms with Gasteiger partial charge in [-0.3, -0.25) is 4.57 Å². The maximum atomic E-state index is 5.31. The molecule has 1 aliphatic carbocycles. The van der Waals surface area contributed by atoms with Gasteiger partial charge in [-0.15, -0.1) is 0 Å². The van der Waals surface area contributed by atoms with Gasteiger partial charge in [0.15, 0.2) is 0 Å². The summed E-state index contributed by atoms with van der Waals surface area (Å²) < 4.78 is 2.39. The Morgan fingerprint density at radius 2 is 1.37 bits per heavy atom. The lowest BCUT2D eigenvalue weighted by Crippen LogP contribution is -2.27. The van der Waals surface area contributed by atoms with E-state index in [0.717, 1.165) is 17.8 Å². The van der Waals surface area contributed by atoms with Crippen LogP contribution in [0.2, 0.25) is 0 Å². The van der Waals surface area contributed by atoms with Crippen molar-refractivity contribution in [2.24, 2.45) is 0 Å². The highest BCUT2D eigenvalue weighted by atomic mass is 15.1. The molecule has 142 valence electrons. The van der Waals surface area contributed by atoms with Crippen molar-refractivity contribution < 1.29 is 0 Å². The van der Waals surface area contributed by atoms with Crippen LogP contribution < -0.4 is 0 Å². The molecule has 0 amide bonds. The molecular formula is C28H20N2. The highest BCUT2D eigenvalue weighted by Gasteiger charge is 2.53. The van der Waals surface area contributed by atoms with Crippen molar-refractivity contribution in [1.29, 1.82) is 0 Å². The molecule has 2 nitrogen and oxygen atoms in total. The molecule has 5 aromatic rings. The van der Waals surface area contributed by atoms with E-state index in [0.29, 0.717) is 0 Å². The highest BCUT2D eigenvalue weighted by molar-refractivity contribution is 5.91. The number of hydrogen-bond acceptors (Lipinski definition) is 1. The van der Waals surface area contributed by atoms with E-state index in [1.54, 1.807) is 0 Å². The van der Waals surface area contributed by atoms with E-state index in [4.69, 9.17) is 4.98 Å². The predicted molar refractivity (Wildman–Crippen MR) is 121 cm³/mol. The normalized spacial score (nSPS) is 14.6. The number of para-hydroxylation sites is 1. The van der Waals surface area contributed by atoms with Crippen molar-refractivity contribution in [3.63, 3.8) is 0 Å². The van der Waals surface area contributed by atoms with Crippen molar-refractivity contribution in [1.82, 2.24) is 9.55 Å². The summed E-state index contributed by atoms with van der Waals surface area (Å²) in [5, 5.41) is 0. The van der Waals surface area contributed by atoms with Crippen LogP contribution in [0.3, 0.4) is 0 Å². The third kappa shape index (κ3) is 1.70. The molecule has 2 heteroatoms. The standard InChI is InChI=1S/C28H20N2/c1-2-18-15-16-26-24(17-18)29-27-28(23-13-7-8-14-25(23)30(26)27)21-11-5-3-9-19(21)20-10-4-6-12-22(20)28/h3-17H,2H2,1H3. The second-order valence-corrected chi connectivity index (χ2v) is 8.31. The highest BCUT2D eigenvalue weighted by Crippen LogP contribution is 2.60. The Kier molecular flexibility index (Phi) is 2.96. The largest absolute Gasteiger partial charge is 0.295 e. The predicted octanol–water partition coefficient (Wildman–Crippen LogP) is 6.26. The zero-order chi connectivity index (χ0) is 19.9. The molecule has 1 spiro atoms. The lowest BCUT2D eigenvalue weighted by molar-refractivity contribution is 0.738. The smallest absolute Gasteiger partial charge is 0.134 e. The van der Waals surface area contributed by atoms with E-state index in [9.17, 15) is 0 Å². The Bertz CT molecular complexity index is 1440. The van der Waals surface area contributed by atoms with Crippen LogP contribution in [0, 0.1) is 0 Å². The van der Waals surface area contributed by atoms with Crippen molar-refractivity contribution in [3.8, 4) is 16.8 Å². The Morgan fingerprint density at radius 3 is 2.07 bits per heavy atom. The number of aryl methyl sites for hydroxylation is 1. The van der Waals surface area contributed by atoms with Gasteiger partial charge in [0.2, 0.25) is 0 Å². The number of hydrogen-bond donors (Lipinski definition) is 0. The molecule has 0 saturated carbocycles. The average Bonchev–Trinajstić information content (AvgIpc) is 3.42. The zero-order valence-corrected chi connectivity index (χ0v) is 16.8. The van der Waals surface area contributed by atoms with Crippen LogP contribution in [0.5, 0.6) is 0 Å². The van der Waals surface area contributed by atoms with Crippen molar-refractivity contribution in [2.45, 2.75) is 18.8 Å². The number of nitrogens with zero attached hydrogens (tertiary/aromatic N) is 2. The lowest BCUT2D eigenvalue weighted by Gasteiger charge is -2.27. The molecule has 0 unspecified atom stereocenters. The summed E-state index contributed by atoms with van der Waals surface area (Å²) in [5.74, 6) is 1.12. The Morgan fingerprint density at radius 1 is 0.733 bits per heavy atom. The minimum Gasteiger partial charge on any atom is -0.295 e. The van der Waals surface area contributed by atoms with Crippen LogP contribution in [0.15, 0.2) is 91.0 Å². The van der Waals surface area contributed by atoms with E-state index < -0.39 is 0 Å². The lowest BCUT2D eigenvalue weighted by atomic mass is 9.73. The van der Waals surface area contributed by atoms with Crippen LogP contribution in [-0.2, 0) is 11.8 Å². The van der Waals surface area contributed by atoms with Gasteiger partial charge in [0, 0.05) is 0 Å². The first-order chi connectivity index (χ1) is 14.8. The fourth-order valence-electron chi connectivity index (χ4n) is 5.71. The van der Waals surface area contributed by atoms with Crippen LogP contribution in [0.1, 0.15) is 35.0 Å². The maximum Gasteiger partial charge on any atom is 0.134 e. The minimum absolute atomic E-state index is 0.366. The third-order valence-corrected chi connectivity index (χ3v) is 6.96. The average molecular weight is 384 g/mol. The van der Waals surface area contributed by atoms with Gasteiger partial charge in [0.1, 0.15) is 11.2 Å². The topological polar surface area (TPSA) is 17.8 Å². The van der Waals surface area contributed by atoms with E-state index in [2.05, 4.69) is 102 Å². The summed E-state index contributed by atoms with van der Waals surface area (Å²) in [7, 11) is 0. The first kappa shape index (κ1) is 16.2. The van der Waals surface area contributed by atoms with E-state index in [1.807, 2.05) is 0 Å². The molecule has 0 atom stereocenters. The number of aromatic nitrogens is 2. The van der Waals surface area contributed by atoms with Gasteiger partial charge >= 0.3 is 0 Å². The molecule has 1 aromatic heterocycles. The first-order valence-electron chi connectivity index (χ1n) is 10.6. The molecule has 2 aliphatic rings. The van der Waals surface area contributed by atoms with Gasteiger partial charge in [0.05, 0.1) is 16.7 Å². The van der Waals surface area contributed by atoms with E-state index in [1.165, 1.54) is 44.6 Å². The van der Waals surface area contributed by atoms with Gasteiger partial charge in [-0.1, -0.05) is 79.7 Å². The maximum absolute atomic E-state index is 5.31. The van der Waals surface area contributed by atoms with Crippen LogP contribution in [0.25, 0.3) is 27.8 Å². The SMILES string of the molecule is CCc1ccc2c(c1)nc1n2-c2ccccc2C12c1ccccc1-c1ccccc12. The van der Waals surface area contributed by atoms with E-state index in [-0.39, 0.29) is 5.41 Å². The summed E-state index contributed by atoms with van der Waals surface area (Å²) in [4.78, 5) is 5.31. The van der Waals surface area contributed by atoms with Gasteiger partial charge < -0.3 is 0 Å². The summed E-state index contributed by atoms with van der Waals surface area (Å²) in [6.45, 7) is 2.20. The second kappa shape index (κ2) is 5.48. The van der Waals surface area contributed by atoms with E-state index >= 15 is 0 Å². The summed E-state index contributed by atoms with van der Waals surface area (Å²) in [6.07, 6.45) is 1.02. The Labute approximate surface area is 175 Å². The summed E-state index contributed by atoms with van der Waals surface area (Å²) in [6, 6.07) is 33.3. The number of imidazole rings is 1. The van der Waals surface area contributed by atoms with Gasteiger partial charge in [-0.05, 0) is 58.0 Å². The molecule has 30 heavy (non-hydrogen) atoms. The minimum atomic E-state index is -0.366. The Balaban J connectivity index is 1.71. The molecule has 7 rings (SSSR count). The van der Waals surface area contributed by atoms with Gasteiger partial charge in [-0.25, -0.2) is 4.98 Å². The monoisotopic (exact) mass is 384 g/mol. The molecule has 0 fully saturated rings. The van der Waals surface area contributed by atoms with Crippen LogP contribution >= 0.6 is 0 Å². The van der Waals surface area contributed by atoms with Crippen molar-refractivity contribution >= 4 is 11.0 Å². The summed E-state index contributed by atoms with van der Waals surface area (Å²) >= 11 is 0. The van der Waals surface area contributed by atoms with Gasteiger partial charge in [0.25, 0.3) is 0 Å². The van der Waals surface area contributed by atoms with Crippen LogP contribution in [0.4, 0.5) is 0 Å². The molecule has 2 heterocycles. The number of benzene rings is 4. The van der Waals surface area contributed by atoms with Crippen molar-refractivity contribution in [2.75, 3.05) is 0 Å². The molecule has 1 aliphatic heterocycles. The fourth-order valence-corrected chi connectivity index (χ4v) is 5.71. The molecule has 0 radical (unpaired) electrons. The molecule has 0 bridgehead atoms. The molecular weight excluding hydrogens is 364 g/mol.